The van der Waals surface area contributed by atoms with Gasteiger partial charge in [0.2, 0.25) is 0 Å². The van der Waals surface area contributed by atoms with E-state index in [0.717, 1.165) is 40.0 Å². The molecule has 0 atom stereocenters. The third-order valence-corrected chi connectivity index (χ3v) is 4.93. The summed E-state index contributed by atoms with van der Waals surface area (Å²) in [6, 6.07) is 2.28. The highest BCUT2D eigenvalue weighted by Crippen LogP contribution is 2.32. The van der Waals surface area contributed by atoms with Crippen molar-refractivity contribution in [2.45, 2.75) is 52.0 Å². The van der Waals surface area contributed by atoms with Gasteiger partial charge in [-0.15, -0.1) is 11.3 Å². The average molecular weight is 303 g/mol. The number of nitrogens with zero attached hydrogens (tertiary/aromatic N) is 1. The number of nitrogens with one attached hydrogen (secondary N) is 2. The predicted molar refractivity (Wildman–Crippen MR) is 88.1 cm³/mol. The molecule has 0 bridgehead atoms. The van der Waals surface area contributed by atoms with E-state index in [0.29, 0.717) is 6.04 Å². The maximum atomic E-state index is 12.2. The van der Waals surface area contributed by atoms with Crippen LogP contribution in [0.15, 0.2) is 11.4 Å². The summed E-state index contributed by atoms with van der Waals surface area (Å²) < 4.78 is 0. The van der Waals surface area contributed by atoms with E-state index in [1.165, 1.54) is 19.3 Å². The normalized spacial score (nSPS) is 16.1. The molecule has 1 aliphatic rings. The number of rotatable bonds is 2. The van der Waals surface area contributed by atoms with Crippen LogP contribution < -0.4 is 10.6 Å². The molecule has 1 aliphatic carbocycles. The van der Waals surface area contributed by atoms with Crippen molar-refractivity contribution in [3.63, 3.8) is 0 Å². The standard InChI is InChI=1S/C16H21N3OS/c1-10-8-11(2)17-15-14(10)13(9-21-15)19-16(20)18-12-6-4-3-5-7-12/h8-9,12H,3-7H2,1-2H3,(H2,18,19,20). The van der Waals surface area contributed by atoms with Crippen molar-refractivity contribution in [2.75, 3.05) is 5.32 Å². The monoisotopic (exact) mass is 303 g/mol. The smallest absolute Gasteiger partial charge is 0.319 e. The third-order valence-electron chi connectivity index (χ3n) is 4.06. The molecular weight excluding hydrogens is 282 g/mol. The molecule has 4 nitrogen and oxygen atoms in total. The topological polar surface area (TPSA) is 54.0 Å². The highest BCUT2D eigenvalue weighted by Gasteiger charge is 2.17. The summed E-state index contributed by atoms with van der Waals surface area (Å²) in [5.74, 6) is 0. The summed E-state index contributed by atoms with van der Waals surface area (Å²) in [6.07, 6.45) is 5.91. The fraction of sp³-hybridized carbons (Fsp3) is 0.500. The summed E-state index contributed by atoms with van der Waals surface area (Å²) in [7, 11) is 0. The molecule has 0 radical (unpaired) electrons. The van der Waals surface area contributed by atoms with Gasteiger partial charge < -0.3 is 10.6 Å². The summed E-state index contributed by atoms with van der Waals surface area (Å²) in [6.45, 7) is 4.06. The number of fused-ring (bicyclic) bond motifs is 1. The largest absolute Gasteiger partial charge is 0.335 e. The molecule has 0 unspecified atom stereocenters. The van der Waals surface area contributed by atoms with Crippen LogP contribution in [0, 0.1) is 13.8 Å². The first-order chi connectivity index (χ1) is 10.1. The first-order valence-electron chi connectivity index (χ1n) is 7.56. The van der Waals surface area contributed by atoms with Crippen LogP contribution >= 0.6 is 11.3 Å². The molecule has 1 fully saturated rings. The van der Waals surface area contributed by atoms with E-state index in [9.17, 15) is 4.79 Å². The fourth-order valence-electron chi connectivity index (χ4n) is 3.07. The van der Waals surface area contributed by atoms with Crippen molar-refractivity contribution in [3.8, 4) is 0 Å². The molecule has 112 valence electrons. The summed E-state index contributed by atoms with van der Waals surface area (Å²) in [4.78, 5) is 17.7. The lowest BCUT2D eigenvalue weighted by Gasteiger charge is -2.22. The van der Waals surface area contributed by atoms with Gasteiger partial charge in [0.25, 0.3) is 0 Å². The molecule has 0 saturated heterocycles. The molecule has 2 heterocycles. The van der Waals surface area contributed by atoms with Gasteiger partial charge in [0.15, 0.2) is 0 Å². The van der Waals surface area contributed by atoms with Gasteiger partial charge >= 0.3 is 6.03 Å². The quantitative estimate of drug-likeness (QED) is 0.865. The van der Waals surface area contributed by atoms with Gasteiger partial charge in [0.05, 0.1) is 5.69 Å². The van der Waals surface area contributed by atoms with Crippen molar-refractivity contribution in [2.24, 2.45) is 0 Å². The molecule has 21 heavy (non-hydrogen) atoms. The van der Waals surface area contributed by atoms with Crippen LogP contribution in [0.1, 0.15) is 43.4 Å². The van der Waals surface area contributed by atoms with E-state index in [4.69, 9.17) is 0 Å². The van der Waals surface area contributed by atoms with E-state index in [2.05, 4.69) is 28.6 Å². The lowest BCUT2D eigenvalue weighted by molar-refractivity contribution is 0.244. The second-order valence-corrected chi connectivity index (χ2v) is 6.70. The minimum absolute atomic E-state index is 0.0958. The zero-order valence-electron chi connectivity index (χ0n) is 12.5. The van der Waals surface area contributed by atoms with Gasteiger partial charge in [-0.05, 0) is 38.3 Å². The molecule has 0 aromatic carbocycles. The van der Waals surface area contributed by atoms with Crippen molar-refractivity contribution in [1.29, 1.82) is 0 Å². The molecule has 2 amide bonds. The molecule has 2 N–H and O–H groups in total. The number of aryl methyl sites for hydroxylation is 2. The SMILES string of the molecule is Cc1cc(C)c2c(NC(=O)NC3CCCCC3)csc2n1. The molecular formula is C16H21N3OS. The maximum absolute atomic E-state index is 12.2. The first-order valence-corrected chi connectivity index (χ1v) is 8.44. The van der Waals surface area contributed by atoms with Gasteiger partial charge in [-0.25, -0.2) is 9.78 Å². The Balaban J connectivity index is 1.74. The van der Waals surface area contributed by atoms with Gasteiger partial charge in [-0.3, -0.25) is 0 Å². The molecule has 2 aromatic rings. The fourth-order valence-corrected chi connectivity index (χ4v) is 4.06. The zero-order chi connectivity index (χ0) is 14.8. The first kappa shape index (κ1) is 14.3. The molecule has 2 aromatic heterocycles. The number of pyridine rings is 1. The summed E-state index contributed by atoms with van der Waals surface area (Å²) in [5, 5.41) is 9.12. The number of hydrogen-bond acceptors (Lipinski definition) is 3. The zero-order valence-corrected chi connectivity index (χ0v) is 13.3. The van der Waals surface area contributed by atoms with Gasteiger partial charge in [0, 0.05) is 22.5 Å². The Morgan fingerprint density at radius 2 is 2.05 bits per heavy atom. The molecule has 5 heteroatoms. The average Bonchev–Trinajstić information content (AvgIpc) is 2.82. The minimum atomic E-state index is -0.0958. The summed E-state index contributed by atoms with van der Waals surface area (Å²) in [5.41, 5.74) is 3.04. The second-order valence-electron chi connectivity index (χ2n) is 5.84. The Kier molecular flexibility index (Phi) is 4.10. The number of aromatic nitrogens is 1. The van der Waals surface area contributed by atoms with Crippen LogP contribution in [0.2, 0.25) is 0 Å². The van der Waals surface area contributed by atoms with E-state index in [-0.39, 0.29) is 6.03 Å². The Morgan fingerprint density at radius 3 is 2.81 bits per heavy atom. The van der Waals surface area contributed by atoms with Crippen LogP contribution in [-0.2, 0) is 0 Å². The van der Waals surface area contributed by atoms with Crippen LogP contribution in [0.3, 0.4) is 0 Å². The Bertz CT molecular complexity index is 659. The van der Waals surface area contributed by atoms with Gasteiger partial charge in [-0.2, -0.15) is 0 Å². The van der Waals surface area contributed by atoms with Gasteiger partial charge in [-0.1, -0.05) is 19.3 Å². The Hall–Kier alpha value is -1.62. The number of amides is 2. The van der Waals surface area contributed by atoms with Crippen LogP contribution in [0.25, 0.3) is 10.2 Å². The van der Waals surface area contributed by atoms with Crippen molar-refractivity contribution in [3.05, 3.63) is 22.7 Å². The lowest BCUT2D eigenvalue weighted by Crippen LogP contribution is -2.38. The number of carbonyl (C=O) groups is 1. The number of hydrogen-bond donors (Lipinski definition) is 2. The highest BCUT2D eigenvalue weighted by molar-refractivity contribution is 7.17. The minimum Gasteiger partial charge on any atom is -0.335 e. The number of thiophene rings is 1. The Morgan fingerprint density at radius 1 is 1.29 bits per heavy atom. The number of urea groups is 1. The van der Waals surface area contributed by atoms with Crippen LogP contribution in [-0.4, -0.2) is 17.1 Å². The number of anilines is 1. The van der Waals surface area contributed by atoms with Crippen LogP contribution in [0.4, 0.5) is 10.5 Å². The predicted octanol–water partition coefficient (Wildman–Crippen LogP) is 4.37. The molecule has 1 saturated carbocycles. The van der Waals surface area contributed by atoms with Crippen molar-refractivity contribution >= 4 is 33.3 Å². The van der Waals surface area contributed by atoms with E-state index < -0.39 is 0 Å². The molecule has 0 spiro atoms. The number of carbonyl (C=O) groups excluding carboxylic acids is 1. The van der Waals surface area contributed by atoms with Crippen molar-refractivity contribution < 1.29 is 4.79 Å². The van der Waals surface area contributed by atoms with E-state index in [1.807, 2.05) is 12.3 Å². The van der Waals surface area contributed by atoms with E-state index >= 15 is 0 Å². The maximum Gasteiger partial charge on any atom is 0.319 e. The third kappa shape index (κ3) is 3.18. The van der Waals surface area contributed by atoms with E-state index in [1.54, 1.807) is 11.3 Å². The lowest BCUT2D eigenvalue weighted by atomic mass is 9.96. The molecule has 3 rings (SSSR count). The van der Waals surface area contributed by atoms with Crippen molar-refractivity contribution in [1.82, 2.24) is 10.3 Å². The highest BCUT2D eigenvalue weighted by atomic mass is 32.1. The van der Waals surface area contributed by atoms with Crippen LogP contribution in [0.5, 0.6) is 0 Å². The summed E-state index contributed by atoms with van der Waals surface area (Å²) >= 11 is 1.58. The Labute approximate surface area is 129 Å². The second kappa shape index (κ2) is 6.02. The van der Waals surface area contributed by atoms with Gasteiger partial charge in [0.1, 0.15) is 4.83 Å². The molecule has 0 aliphatic heterocycles.